The number of benzene rings is 3. The van der Waals surface area contributed by atoms with Crippen molar-refractivity contribution in [3.63, 3.8) is 0 Å². The van der Waals surface area contributed by atoms with Gasteiger partial charge in [-0.2, -0.15) is 0 Å². The van der Waals surface area contributed by atoms with Crippen LogP contribution in [0.15, 0.2) is 72.8 Å². The summed E-state index contributed by atoms with van der Waals surface area (Å²) in [5.74, 6) is -0.658. The van der Waals surface area contributed by atoms with Crippen molar-refractivity contribution < 1.29 is 18.8 Å². The van der Waals surface area contributed by atoms with E-state index in [4.69, 9.17) is 11.6 Å². The second-order valence-electron chi connectivity index (χ2n) is 11.5. The Bertz CT molecular complexity index is 1410. The zero-order chi connectivity index (χ0) is 29.6. The summed E-state index contributed by atoms with van der Waals surface area (Å²) in [6, 6.07) is 21.0. The predicted octanol–water partition coefficient (Wildman–Crippen LogP) is 6.41. The van der Waals surface area contributed by atoms with Crippen LogP contribution in [0, 0.1) is 18.7 Å². The highest BCUT2D eigenvalue weighted by Crippen LogP contribution is 2.28. The van der Waals surface area contributed by atoms with E-state index in [0.29, 0.717) is 48.6 Å². The maximum absolute atomic E-state index is 13.6. The average Bonchev–Trinajstić information content (AvgIpc) is 3.00. The molecule has 3 aromatic rings. The van der Waals surface area contributed by atoms with Crippen LogP contribution in [-0.4, -0.2) is 52.7 Å². The molecule has 220 valence electrons. The van der Waals surface area contributed by atoms with Crippen LogP contribution in [0.1, 0.15) is 70.4 Å². The van der Waals surface area contributed by atoms with Gasteiger partial charge < -0.3 is 15.1 Å². The van der Waals surface area contributed by atoms with E-state index in [1.165, 1.54) is 12.1 Å². The van der Waals surface area contributed by atoms with E-state index in [1.54, 1.807) is 41.3 Å². The van der Waals surface area contributed by atoms with Gasteiger partial charge in [-0.15, -0.1) is 0 Å². The smallest absolute Gasteiger partial charge is 0.255 e. The van der Waals surface area contributed by atoms with Gasteiger partial charge in [0.1, 0.15) is 5.82 Å². The normalized spacial score (nSPS) is 19.3. The van der Waals surface area contributed by atoms with Crippen molar-refractivity contribution in [2.45, 2.75) is 64.1 Å². The zero-order valence-electron chi connectivity index (χ0n) is 23.9. The molecule has 2 fully saturated rings. The van der Waals surface area contributed by atoms with Crippen molar-refractivity contribution in [1.29, 1.82) is 0 Å². The number of piperidine rings is 1. The van der Waals surface area contributed by atoms with Crippen LogP contribution in [0.4, 0.5) is 4.39 Å². The molecule has 1 heterocycles. The minimum Gasteiger partial charge on any atom is -0.353 e. The molecule has 42 heavy (non-hydrogen) atoms. The third kappa shape index (κ3) is 7.19. The Morgan fingerprint density at radius 1 is 0.905 bits per heavy atom. The lowest BCUT2D eigenvalue weighted by molar-refractivity contribution is -0.127. The second kappa shape index (κ2) is 13.5. The summed E-state index contributed by atoms with van der Waals surface area (Å²) in [7, 11) is 0. The first-order valence-corrected chi connectivity index (χ1v) is 15.1. The van der Waals surface area contributed by atoms with Gasteiger partial charge in [0.2, 0.25) is 5.91 Å². The van der Waals surface area contributed by atoms with E-state index in [9.17, 15) is 18.8 Å². The Hall–Kier alpha value is -3.71. The number of rotatable bonds is 7. The summed E-state index contributed by atoms with van der Waals surface area (Å²) >= 11 is 6.21. The summed E-state index contributed by atoms with van der Waals surface area (Å²) in [5, 5.41) is 3.69. The molecule has 3 amide bonds. The maximum atomic E-state index is 13.6. The number of hydrogen-bond donors (Lipinski definition) is 1. The van der Waals surface area contributed by atoms with Crippen molar-refractivity contribution in [1.82, 2.24) is 15.1 Å². The first-order chi connectivity index (χ1) is 20.3. The molecule has 1 saturated carbocycles. The van der Waals surface area contributed by atoms with Crippen molar-refractivity contribution >= 4 is 29.3 Å². The highest BCUT2D eigenvalue weighted by Gasteiger charge is 2.33. The summed E-state index contributed by atoms with van der Waals surface area (Å²) in [4.78, 5) is 43.3. The predicted molar refractivity (Wildman–Crippen MR) is 162 cm³/mol. The van der Waals surface area contributed by atoms with Crippen LogP contribution < -0.4 is 5.32 Å². The fraction of sp³-hybridized carbons (Fsp3) is 0.382. The van der Waals surface area contributed by atoms with Crippen LogP contribution in [0.3, 0.4) is 0 Å². The second-order valence-corrected chi connectivity index (χ2v) is 11.9. The quantitative estimate of drug-likeness (QED) is 0.346. The summed E-state index contributed by atoms with van der Waals surface area (Å²) in [6.07, 6.45) is 4.34. The molecule has 2 aliphatic rings. The van der Waals surface area contributed by atoms with Crippen molar-refractivity contribution in [3.8, 4) is 0 Å². The van der Waals surface area contributed by atoms with E-state index in [-0.39, 0.29) is 41.5 Å². The molecule has 8 heteroatoms. The van der Waals surface area contributed by atoms with Gasteiger partial charge in [0, 0.05) is 43.2 Å². The van der Waals surface area contributed by atoms with Crippen molar-refractivity contribution in [2.75, 3.05) is 13.1 Å². The molecule has 0 bridgehead atoms. The Balaban J connectivity index is 1.16. The Kier molecular flexibility index (Phi) is 9.58. The van der Waals surface area contributed by atoms with E-state index in [0.717, 1.165) is 36.8 Å². The monoisotopic (exact) mass is 589 g/mol. The molecule has 0 aromatic heterocycles. The number of likely N-dealkylation sites (tertiary alicyclic amines) is 1. The first-order valence-electron chi connectivity index (χ1n) is 14.7. The van der Waals surface area contributed by atoms with Gasteiger partial charge in [-0.05, 0) is 87.4 Å². The number of carbonyl (C=O) groups is 3. The van der Waals surface area contributed by atoms with Gasteiger partial charge in [-0.1, -0.05) is 53.6 Å². The molecule has 5 rings (SSSR count). The maximum Gasteiger partial charge on any atom is 0.255 e. The SMILES string of the molecule is Cc1cccc(CN(C(=O)c2ccc(F)cc2)C2CCC(NC(=O)C3CCN(C(=O)c4ccccc4Cl)CC3)CC2)c1. The van der Waals surface area contributed by atoms with Crippen molar-refractivity contribution in [2.24, 2.45) is 5.92 Å². The molecule has 1 N–H and O–H groups in total. The molecular weight excluding hydrogens is 553 g/mol. The van der Waals surface area contributed by atoms with E-state index in [2.05, 4.69) is 11.4 Å². The number of aryl methyl sites for hydroxylation is 1. The fourth-order valence-corrected chi connectivity index (χ4v) is 6.35. The number of nitrogens with one attached hydrogen (secondary N) is 1. The summed E-state index contributed by atoms with van der Waals surface area (Å²) in [5.41, 5.74) is 3.15. The lowest BCUT2D eigenvalue weighted by atomic mass is 9.88. The van der Waals surface area contributed by atoms with Gasteiger partial charge in [0.15, 0.2) is 0 Å². The lowest BCUT2D eigenvalue weighted by Gasteiger charge is -2.38. The first kappa shape index (κ1) is 29.8. The topological polar surface area (TPSA) is 69.7 Å². The van der Waals surface area contributed by atoms with Gasteiger partial charge in [-0.25, -0.2) is 4.39 Å². The van der Waals surface area contributed by atoms with E-state index in [1.807, 2.05) is 30.0 Å². The number of nitrogens with zero attached hydrogens (tertiary/aromatic N) is 2. The van der Waals surface area contributed by atoms with Gasteiger partial charge in [0.25, 0.3) is 11.8 Å². The summed E-state index contributed by atoms with van der Waals surface area (Å²) < 4.78 is 13.5. The molecule has 0 spiro atoms. The molecule has 0 unspecified atom stereocenters. The molecule has 3 aromatic carbocycles. The molecule has 6 nitrogen and oxygen atoms in total. The molecule has 0 radical (unpaired) electrons. The standard InChI is InChI=1S/C34H37ClFN3O3/c1-23-5-4-6-24(21-23)22-39(33(41)26-9-11-27(36)12-10-26)29-15-13-28(14-16-29)37-32(40)25-17-19-38(20-18-25)34(42)30-7-2-3-8-31(30)35/h2-12,21,25,28-29H,13-20,22H2,1H3,(H,37,40). The number of halogens is 2. The molecule has 1 aliphatic carbocycles. The minimum atomic E-state index is -0.370. The van der Waals surface area contributed by atoms with Gasteiger partial charge >= 0.3 is 0 Å². The number of hydrogen-bond acceptors (Lipinski definition) is 3. The van der Waals surface area contributed by atoms with Crippen LogP contribution in [0.25, 0.3) is 0 Å². The molecule has 0 atom stereocenters. The molecule has 1 saturated heterocycles. The van der Waals surface area contributed by atoms with Crippen molar-refractivity contribution in [3.05, 3.63) is 106 Å². The third-order valence-electron chi connectivity index (χ3n) is 8.53. The van der Waals surface area contributed by atoms with E-state index < -0.39 is 0 Å². The number of carbonyl (C=O) groups excluding carboxylic acids is 3. The molecule has 1 aliphatic heterocycles. The fourth-order valence-electron chi connectivity index (χ4n) is 6.13. The Morgan fingerprint density at radius 2 is 1.60 bits per heavy atom. The van der Waals surface area contributed by atoms with E-state index >= 15 is 0 Å². The average molecular weight is 590 g/mol. The number of amides is 3. The molecular formula is C34H37ClFN3O3. The van der Waals surface area contributed by atoms with Gasteiger partial charge in [-0.3, -0.25) is 14.4 Å². The minimum absolute atomic E-state index is 0.0234. The highest BCUT2D eigenvalue weighted by atomic mass is 35.5. The zero-order valence-corrected chi connectivity index (χ0v) is 24.7. The lowest BCUT2D eigenvalue weighted by Crippen LogP contribution is -2.48. The van der Waals surface area contributed by atoms with Gasteiger partial charge in [0.05, 0.1) is 10.6 Å². The van der Waals surface area contributed by atoms with Crippen LogP contribution >= 0.6 is 11.6 Å². The van der Waals surface area contributed by atoms with Crippen LogP contribution in [0.5, 0.6) is 0 Å². The Labute approximate surface area is 251 Å². The van der Waals surface area contributed by atoms with Crippen LogP contribution in [0.2, 0.25) is 5.02 Å². The Morgan fingerprint density at radius 3 is 2.26 bits per heavy atom. The third-order valence-corrected chi connectivity index (χ3v) is 8.86. The highest BCUT2D eigenvalue weighted by molar-refractivity contribution is 6.33. The largest absolute Gasteiger partial charge is 0.353 e. The summed E-state index contributed by atoms with van der Waals surface area (Å²) in [6.45, 7) is 3.55. The van der Waals surface area contributed by atoms with Crippen LogP contribution in [-0.2, 0) is 11.3 Å².